The Morgan fingerprint density at radius 3 is 2.70 bits per heavy atom. The van der Waals surface area contributed by atoms with Crippen molar-refractivity contribution in [3.05, 3.63) is 0 Å². The Labute approximate surface area is 117 Å². The third kappa shape index (κ3) is 6.37. The van der Waals surface area contributed by atoms with Crippen molar-refractivity contribution in [2.24, 2.45) is 5.73 Å². The fourth-order valence-corrected chi connectivity index (χ4v) is 1.97. The molecule has 1 unspecified atom stereocenters. The smallest absolute Gasteiger partial charge is 0.326 e. The Bertz CT molecular complexity index is 355. The minimum atomic E-state index is -1.19. The van der Waals surface area contributed by atoms with E-state index < -0.39 is 23.9 Å². The first-order valence-corrected chi connectivity index (χ1v) is 6.66. The summed E-state index contributed by atoms with van der Waals surface area (Å²) in [6, 6.07) is -1.69. The van der Waals surface area contributed by atoms with E-state index in [1.54, 1.807) is 0 Å². The number of hydrogen-bond donors (Lipinski definition) is 4. The van der Waals surface area contributed by atoms with E-state index in [0.717, 1.165) is 19.4 Å². The zero-order valence-electron chi connectivity index (χ0n) is 11.3. The summed E-state index contributed by atoms with van der Waals surface area (Å²) < 4.78 is 5.40. The van der Waals surface area contributed by atoms with E-state index in [1.807, 2.05) is 0 Å². The molecule has 8 heteroatoms. The summed E-state index contributed by atoms with van der Waals surface area (Å²) in [4.78, 5) is 33.1. The van der Waals surface area contributed by atoms with E-state index in [4.69, 9.17) is 15.6 Å². The van der Waals surface area contributed by atoms with Crippen LogP contribution in [0, 0.1) is 0 Å². The number of carbonyl (C=O) groups excluding carboxylic acids is 2. The molecule has 1 aliphatic heterocycles. The molecule has 3 amide bonds. The lowest BCUT2D eigenvalue weighted by molar-refractivity contribution is -0.139. The fraction of sp³-hybridized carbons (Fsp3) is 0.750. The van der Waals surface area contributed by atoms with Crippen LogP contribution in [0.3, 0.4) is 0 Å². The Morgan fingerprint density at radius 1 is 1.40 bits per heavy atom. The van der Waals surface area contributed by atoms with Crippen molar-refractivity contribution in [2.75, 3.05) is 13.2 Å². The van der Waals surface area contributed by atoms with E-state index in [0.29, 0.717) is 13.0 Å². The van der Waals surface area contributed by atoms with Gasteiger partial charge in [-0.3, -0.25) is 4.79 Å². The van der Waals surface area contributed by atoms with Crippen molar-refractivity contribution >= 4 is 17.9 Å². The molecule has 0 spiro atoms. The molecular weight excluding hydrogens is 266 g/mol. The Morgan fingerprint density at radius 2 is 2.15 bits per heavy atom. The van der Waals surface area contributed by atoms with Crippen molar-refractivity contribution in [1.82, 2.24) is 10.6 Å². The summed E-state index contributed by atoms with van der Waals surface area (Å²) in [5.74, 6) is -1.79. The molecule has 5 N–H and O–H groups in total. The van der Waals surface area contributed by atoms with Crippen LogP contribution < -0.4 is 16.4 Å². The van der Waals surface area contributed by atoms with Gasteiger partial charge in [0.1, 0.15) is 6.04 Å². The quantitative estimate of drug-likeness (QED) is 0.481. The van der Waals surface area contributed by atoms with Gasteiger partial charge in [-0.25, -0.2) is 9.59 Å². The summed E-state index contributed by atoms with van der Waals surface area (Å²) >= 11 is 0. The number of urea groups is 1. The number of carboxylic acids is 1. The third-order valence-electron chi connectivity index (χ3n) is 3.06. The fourth-order valence-electron chi connectivity index (χ4n) is 1.97. The molecule has 1 fully saturated rings. The predicted octanol–water partition coefficient (Wildman–Crippen LogP) is -0.427. The summed E-state index contributed by atoms with van der Waals surface area (Å²) in [6.45, 7) is 1.17. The van der Waals surface area contributed by atoms with Crippen molar-refractivity contribution in [3.63, 3.8) is 0 Å². The summed E-state index contributed by atoms with van der Waals surface area (Å²) in [6.07, 6.45) is 2.77. The average Bonchev–Trinajstić information content (AvgIpc) is 2.87. The van der Waals surface area contributed by atoms with Crippen molar-refractivity contribution < 1.29 is 24.2 Å². The number of ether oxygens (including phenoxy) is 1. The molecule has 0 aromatic carbocycles. The molecule has 1 heterocycles. The van der Waals surface area contributed by atoms with Crippen LogP contribution in [0.25, 0.3) is 0 Å². The largest absolute Gasteiger partial charge is 0.480 e. The van der Waals surface area contributed by atoms with Gasteiger partial charge in [0, 0.05) is 19.6 Å². The van der Waals surface area contributed by atoms with Gasteiger partial charge >= 0.3 is 12.0 Å². The maximum Gasteiger partial charge on any atom is 0.326 e. The number of amides is 3. The SMILES string of the molecule is NC(=O)CC[C@@H](NC(=O)NCCC1CCCO1)C(=O)O. The van der Waals surface area contributed by atoms with Gasteiger partial charge in [-0.2, -0.15) is 0 Å². The van der Waals surface area contributed by atoms with E-state index in [9.17, 15) is 14.4 Å². The van der Waals surface area contributed by atoms with Gasteiger partial charge in [-0.1, -0.05) is 0 Å². The lowest BCUT2D eigenvalue weighted by Gasteiger charge is -2.15. The van der Waals surface area contributed by atoms with Gasteiger partial charge in [-0.05, 0) is 25.7 Å². The van der Waals surface area contributed by atoms with Crippen LogP contribution in [0.4, 0.5) is 4.79 Å². The van der Waals surface area contributed by atoms with Crippen LogP contribution in [-0.2, 0) is 14.3 Å². The molecule has 8 nitrogen and oxygen atoms in total. The summed E-state index contributed by atoms with van der Waals surface area (Å²) in [7, 11) is 0. The number of aliphatic carboxylic acids is 1. The predicted molar refractivity (Wildman–Crippen MR) is 70.0 cm³/mol. The van der Waals surface area contributed by atoms with Crippen molar-refractivity contribution in [2.45, 2.75) is 44.2 Å². The summed E-state index contributed by atoms with van der Waals surface area (Å²) in [5.41, 5.74) is 4.95. The lowest BCUT2D eigenvalue weighted by atomic mass is 10.1. The highest BCUT2D eigenvalue weighted by Crippen LogP contribution is 2.14. The average molecular weight is 287 g/mol. The van der Waals surface area contributed by atoms with Gasteiger partial charge in [0.2, 0.25) is 5.91 Å². The van der Waals surface area contributed by atoms with E-state index in [-0.39, 0.29) is 18.9 Å². The van der Waals surface area contributed by atoms with Crippen LogP contribution >= 0.6 is 0 Å². The number of nitrogens with two attached hydrogens (primary N) is 1. The summed E-state index contributed by atoms with van der Waals surface area (Å²) in [5, 5.41) is 13.8. The Hall–Kier alpha value is -1.83. The molecule has 1 aliphatic rings. The number of carbonyl (C=O) groups is 3. The molecule has 0 radical (unpaired) electrons. The lowest BCUT2D eigenvalue weighted by Crippen LogP contribution is -2.46. The normalized spacial score (nSPS) is 19.3. The van der Waals surface area contributed by atoms with E-state index >= 15 is 0 Å². The number of hydrogen-bond acceptors (Lipinski definition) is 4. The number of rotatable bonds is 8. The first-order valence-electron chi connectivity index (χ1n) is 6.66. The highest BCUT2D eigenvalue weighted by Gasteiger charge is 2.21. The molecule has 0 bridgehead atoms. The molecule has 1 rings (SSSR count). The second-order valence-corrected chi connectivity index (χ2v) is 4.72. The zero-order valence-corrected chi connectivity index (χ0v) is 11.3. The molecular formula is C12H21N3O5. The van der Waals surface area contributed by atoms with Gasteiger partial charge in [0.15, 0.2) is 0 Å². The molecule has 0 saturated carbocycles. The number of primary amides is 1. The Kier molecular flexibility index (Phi) is 6.78. The molecule has 0 aromatic heterocycles. The molecule has 0 aliphatic carbocycles. The van der Waals surface area contributed by atoms with Gasteiger partial charge < -0.3 is 26.2 Å². The first kappa shape index (κ1) is 16.2. The van der Waals surface area contributed by atoms with Crippen molar-refractivity contribution in [3.8, 4) is 0 Å². The zero-order chi connectivity index (χ0) is 15.0. The molecule has 2 atom stereocenters. The minimum Gasteiger partial charge on any atom is -0.480 e. The second kappa shape index (κ2) is 8.36. The maximum atomic E-state index is 11.5. The molecule has 20 heavy (non-hydrogen) atoms. The highest BCUT2D eigenvalue weighted by atomic mass is 16.5. The second-order valence-electron chi connectivity index (χ2n) is 4.72. The van der Waals surface area contributed by atoms with Crippen LogP contribution in [-0.4, -0.2) is 48.3 Å². The molecule has 1 saturated heterocycles. The number of carboxylic acid groups (broad SMARTS) is 1. The minimum absolute atomic E-state index is 0.0240. The monoisotopic (exact) mass is 287 g/mol. The highest BCUT2D eigenvalue weighted by molar-refractivity contribution is 5.83. The molecule has 0 aromatic rings. The Balaban J connectivity index is 2.22. The van der Waals surface area contributed by atoms with Crippen LogP contribution in [0.2, 0.25) is 0 Å². The van der Waals surface area contributed by atoms with Gasteiger partial charge in [0.25, 0.3) is 0 Å². The maximum absolute atomic E-state index is 11.5. The van der Waals surface area contributed by atoms with E-state index in [1.165, 1.54) is 0 Å². The van der Waals surface area contributed by atoms with Crippen LogP contribution in [0.1, 0.15) is 32.1 Å². The van der Waals surface area contributed by atoms with Crippen molar-refractivity contribution in [1.29, 1.82) is 0 Å². The topological polar surface area (TPSA) is 131 Å². The van der Waals surface area contributed by atoms with Gasteiger partial charge in [0.05, 0.1) is 6.10 Å². The first-order chi connectivity index (χ1) is 9.49. The molecule has 114 valence electrons. The van der Waals surface area contributed by atoms with Crippen LogP contribution in [0.5, 0.6) is 0 Å². The standard InChI is InChI=1S/C12H21N3O5/c13-10(16)4-3-9(11(17)18)15-12(19)14-6-5-8-2-1-7-20-8/h8-9H,1-7H2,(H2,13,16)(H,17,18)(H2,14,15,19)/t8?,9-/m1/s1. The third-order valence-corrected chi connectivity index (χ3v) is 3.06. The van der Waals surface area contributed by atoms with E-state index in [2.05, 4.69) is 10.6 Å². The van der Waals surface area contributed by atoms with Crippen LogP contribution in [0.15, 0.2) is 0 Å². The number of nitrogens with one attached hydrogen (secondary N) is 2. The van der Waals surface area contributed by atoms with Gasteiger partial charge in [-0.15, -0.1) is 0 Å².